The average molecular weight is 150 g/mol. The molecule has 2 rings (SSSR count). The van der Waals surface area contributed by atoms with Gasteiger partial charge in [0, 0.05) is 0 Å². The molecule has 0 amide bonds. The smallest absolute Gasteiger partial charge is 0.181 e. The molecule has 1 aromatic heterocycles. The van der Waals surface area contributed by atoms with Crippen molar-refractivity contribution in [2.75, 3.05) is 7.05 Å². The molecule has 0 atom stereocenters. The molecule has 2 aromatic rings. The van der Waals surface area contributed by atoms with Crippen molar-refractivity contribution in [3.05, 3.63) is 30.7 Å². The van der Waals surface area contributed by atoms with Crippen molar-refractivity contribution in [2.24, 2.45) is 5.73 Å². The number of nitrogens with two attached hydrogens (primary N) is 1. The van der Waals surface area contributed by atoms with E-state index in [-0.39, 0.29) is 0 Å². The van der Waals surface area contributed by atoms with Gasteiger partial charge in [0.25, 0.3) is 0 Å². The average Bonchev–Trinajstić information content (AvgIpc) is 2.55. The van der Waals surface area contributed by atoms with Gasteiger partial charge in [-0.1, -0.05) is 12.1 Å². The molecule has 0 unspecified atom stereocenters. The Kier molecular flexibility index (Phi) is 2.63. The van der Waals surface area contributed by atoms with E-state index in [4.69, 9.17) is 4.42 Å². The van der Waals surface area contributed by atoms with E-state index in [9.17, 15) is 0 Å². The maximum absolute atomic E-state index is 5.01. The standard InChI is InChI=1S/C7H5NO.CH5N/c1-2-4-7-6(3-1)8-5-9-7;1-2/h1-5H;2H2,1H3. The molecule has 0 radical (unpaired) electrons. The molecule has 1 heterocycles. The molecule has 3 heteroatoms. The second-order valence-electron chi connectivity index (χ2n) is 1.82. The van der Waals surface area contributed by atoms with Crippen LogP contribution in [-0.4, -0.2) is 12.0 Å². The lowest BCUT2D eigenvalue weighted by molar-refractivity contribution is 0.602. The van der Waals surface area contributed by atoms with Crippen LogP contribution in [0.15, 0.2) is 35.1 Å². The molecule has 2 N–H and O–H groups in total. The maximum atomic E-state index is 5.01. The molecule has 0 aliphatic heterocycles. The van der Waals surface area contributed by atoms with Crippen LogP contribution in [0, 0.1) is 0 Å². The molecule has 0 bridgehead atoms. The predicted octanol–water partition coefficient (Wildman–Crippen LogP) is 1.40. The first-order chi connectivity index (χ1) is 5.47. The molecular weight excluding hydrogens is 140 g/mol. The fourth-order valence-electron chi connectivity index (χ4n) is 0.803. The fraction of sp³-hybridized carbons (Fsp3) is 0.125. The monoisotopic (exact) mass is 150 g/mol. The van der Waals surface area contributed by atoms with Gasteiger partial charge in [0.05, 0.1) is 0 Å². The van der Waals surface area contributed by atoms with Gasteiger partial charge in [0.15, 0.2) is 12.0 Å². The SMILES string of the molecule is CN.c1ccc2ocnc2c1. The van der Waals surface area contributed by atoms with E-state index in [1.165, 1.54) is 13.4 Å². The molecule has 11 heavy (non-hydrogen) atoms. The Balaban J connectivity index is 0.000000281. The van der Waals surface area contributed by atoms with Crippen molar-refractivity contribution >= 4 is 11.1 Å². The lowest BCUT2D eigenvalue weighted by Gasteiger charge is -1.79. The summed E-state index contributed by atoms with van der Waals surface area (Å²) in [6, 6.07) is 7.67. The molecule has 0 saturated heterocycles. The van der Waals surface area contributed by atoms with E-state index in [2.05, 4.69) is 10.7 Å². The van der Waals surface area contributed by atoms with Crippen LogP contribution in [0.2, 0.25) is 0 Å². The van der Waals surface area contributed by atoms with Crippen LogP contribution < -0.4 is 5.73 Å². The number of para-hydroxylation sites is 2. The molecule has 0 aliphatic rings. The summed E-state index contributed by atoms with van der Waals surface area (Å²) in [5.74, 6) is 0. The molecule has 0 fully saturated rings. The Bertz CT molecular complexity index is 286. The summed E-state index contributed by atoms with van der Waals surface area (Å²) < 4.78 is 5.01. The van der Waals surface area contributed by atoms with Gasteiger partial charge in [-0.15, -0.1) is 0 Å². The predicted molar refractivity (Wildman–Crippen MR) is 44.1 cm³/mol. The number of benzene rings is 1. The van der Waals surface area contributed by atoms with Crippen LogP contribution in [0.4, 0.5) is 0 Å². The lowest BCUT2D eigenvalue weighted by atomic mass is 10.3. The quantitative estimate of drug-likeness (QED) is 0.617. The Labute approximate surface area is 64.8 Å². The highest BCUT2D eigenvalue weighted by molar-refractivity contribution is 5.71. The second-order valence-corrected chi connectivity index (χ2v) is 1.82. The summed E-state index contributed by atoms with van der Waals surface area (Å²) in [5, 5.41) is 0. The molecule has 1 aromatic carbocycles. The van der Waals surface area contributed by atoms with Crippen molar-refractivity contribution in [1.29, 1.82) is 0 Å². The molecular formula is C8H10N2O. The first-order valence-corrected chi connectivity index (χ1v) is 3.33. The summed E-state index contributed by atoms with van der Waals surface area (Å²) in [4.78, 5) is 3.95. The minimum Gasteiger partial charge on any atom is -0.443 e. The van der Waals surface area contributed by atoms with Gasteiger partial charge in [-0.25, -0.2) is 4.98 Å². The minimum atomic E-state index is 0.845. The van der Waals surface area contributed by atoms with E-state index < -0.39 is 0 Å². The summed E-state index contributed by atoms with van der Waals surface area (Å²) in [5.41, 5.74) is 6.26. The highest BCUT2D eigenvalue weighted by Gasteiger charge is 1.91. The number of hydrogen-bond acceptors (Lipinski definition) is 3. The van der Waals surface area contributed by atoms with Gasteiger partial charge in [-0.05, 0) is 19.2 Å². The molecule has 0 aliphatic carbocycles. The summed E-state index contributed by atoms with van der Waals surface area (Å²) in [6.45, 7) is 0. The van der Waals surface area contributed by atoms with E-state index in [0.29, 0.717) is 0 Å². The van der Waals surface area contributed by atoms with Crippen LogP contribution in [0.25, 0.3) is 11.1 Å². The zero-order valence-corrected chi connectivity index (χ0v) is 6.32. The number of rotatable bonds is 0. The first-order valence-electron chi connectivity index (χ1n) is 3.33. The van der Waals surface area contributed by atoms with Crippen LogP contribution in [0.5, 0.6) is 0 Å². The largest absolute Gasteiger partial charge is 0.443 e. The Hall–Kier alpha value is -1.35. The zero-order valence-electron chi connectivity index (χ0n) is 6.32. The number of nitrogens with zero attached hydrogens (tertiary/aromatic N) is 1. The Morgan fingerprint density at radius 2 is 2.00 bits per heavy atom. The highest BCUT2D eigenvalue weighted by atomic mass is 16.3. The van der Waals surface area contributed by atoms with Gasteiger partial charge in [-0.3, -0.25) is 0 Å². The zero-order chi connectivity index (χ0) is 8.10. The maximum Gasteiger partial charge on any atom is 0.181 e. The van der Waals surface area contributed by atoms with Crippen molar-refractivity contribution < 1.29 is 4.42 Å². The van der Waals surface area contributed by atoms with Gasteiger partial charge in [0.1, 0.15) is 5.52 Å². The second kappa shape index (κ2) is 3.73. The molecule has 3 nitrogen and oxygen atoms in total. The van der Waals surface area contributed by atoms with Crippen molar-refractivity contribution in [1.82, 2.24) is 4.98 Å². The Morgan fingerprint density at radius 1 is 1.27 bits per heavy atom. The van der Waals surface area contributed by atoms with Gasteiger partial charge >= 0.3 is 0 Å². The first kappa shape index (κ1) is 7.75. The van der Waals surface area contributed by atoms with Crippen LogP contribution in [0.1, 0.15) is 0 Å². The number of aromatic nitrogens is 1. The third-order valence-corrected chi connectivity index (χ3v) is 1.24. The highest BCUT2D eigenvalue weighted by Crippen LogP contribution is 2.09. The van der Waals surface area contributed by atoms with Crippen molar-refractivity contribution in [3.63, 3.8) is 0 Å². The van der Waals surface area contributed by atoms with Crippen molar-refractivity contribution in [2.45, 2.75) is 0 Å². The minimum absolute atomic E-state index is 0.845. The fourth-order valence-corrected chi connectivity index (χ4v) is 0.803. The van der Waals surface area contributed by atoms with Crippen LogP contribution in [-0.2, 0) is 0 Å². The summed E-state index contributed by atoms with van der Waals surface area (Å²) in [7, 11) is 1.50. The van der Waals surface area contributed by atoms with E-state index in [1.807, 2.05) is 24.3 Å². The summed E-state index contributed by atoms with van der Waals surface area (Å²) >= 11 is 0. The topological polar surface area (TPSA) is 52.0 Å². The van der Waals surface area contributed by atoms with Gasteiger partial charge < -0.3 is 10.2 Å². The molecule has 0 spiro atoms. The molecule has 0 saturated carbocycles. The normalized spacial score (nSPS) is 8.91. The van der Waals surface area contributed by atoms with Crippen LogP contribution >= 0.6 is 0 Å². The molecule has 58 valence electrons. The van der Waals surface area contributed by atoms with Crippen molar-refractivity contribution in [3.8, 4) is 0 Å². The van der Waals surface area contributed by atoms with E-state index in [0.717, 1.165) is 11.1 Å². The summed E-state index contributed by atoms with van der Waals surface area (Å²) in [6.07, 6.45) is 1.45. The number of oxazole rings is 1. The Morgan fingerprint density at radius 3 is 2.73 bits per heavy atom. The van der Waals surface area contributed by atoms with Gasteiger partial charge in [0.2, 0.25) is 0 Å². The third kappa shape index (κ3) is 1.56. The van der Waals surface area contributed by atoms with E-state index >= 15 is 0 Å². The van der Waals surface area contributed by atoms with E-state index in [1.54, 1.807) is 0 Å². The third-order valence-electron chi connectivity index (χ3n) is 1.24. The number of fused-ring (bicyclic) bond motifs is 1. The van der Waals surface area contributed by atoms with Crippen LogP contribution in [0.3, 0.4) is 0 Å². The van der Waals surface area contributed by atoms with Gasteiger partial charge in [-0.2, -0.15) is 0 Å². The number of hydrogen-bond donors (Lipinski definition) is 1. The lowest BCUT2D eigenvalue weighted by Crippen LogP contribution is -1.69.